The number of nitrogens with zero attached hydrogens (tertiary/aromatic N) is 2. The predicted octanol–water partition coefficient (Wildman–Crippen LogP) is 7.07. The highest BCUT2D eigenvalue weighted by Crippen LogP contribution is 2.66. The summed E-state index contributed by atoms with van der Waals surface area (Å²) in [5.41, 5.74) is 5.29. The van der Waals surface area contributed by atoms with Gasteiger partial charge in [-0.3, -0.25) is 0 Å². The summed E-state index contributed by atoms with van der Waals surface area (Å²) in [5, 5.41) is 21.4. The predicted molar refractivity (Wildman–Crippen MR) is 141 cm³/mol. The van der Waals surface area contributed by atoms with Gasteiger partial charge in [-0.1, -0.05) is 48.6 Å². The van der Waals surface area contributed by atoms with Gasteiger partial charge < -0.3 is 0 Å². The topological polar surface area (TPSA) is 47.6 Å². The molecule has 0 aromatic heterocycles. The SMILES string of the molecule is N#CC12C3=CC=C4C=C(c5ccc(S)cc5)C=C(C=CC1=CC(c1ccc(S)cc1)=C3)C42C#N. The molecule has 0 N–H and O–H groups in total. The van der Waals surface area contributed by atoms with Gasteiger partial charge in [-0.25, -0.2) is 0 Å². The number of thiol groups is 2. The van der Waals surface area contributed by atoms with Gasteiger partial charge >= 0.3 is 0 Å². The highest BCUT2D eigenvalue weighted by molar-refractivity contribution is 7.80. The Morgan fingerprint density at radius 1 is 0.529 bits per heavy atom. The molecule has 0 aliphatic heterocycles. The molecule has 0 saturated heterocycles. The number of nitriles is 2. The molecule has 0 heterocycles. The van der Waals surface area contributed by atoms with E-state index in [1.54, 1.807) is 0 Å². The van der Waals surface area contributed by atoms with Crippen LogP contribution in [-0.4, -0.2) is 0 Å². The van der Waals surface area contributed by atoms with Crippen LogP contribution in [0.25, 0.3) is 11.1 Å². The molecule has 0 spiro atoms. The van der Waals surface area contributed by atoms with Crippen molar-refractivity contribution < 1.29 is 0 Å². The van der Waals surface area contributed by atoms with Crippen molar-refractivity contribution in [3.63, 3.8) is 0 Å². The second-order valence-electron chi connectivity index (χ2n) is 8.79. The lowest BCUT2D eigenvalue weighted by atomic mass is 9.45. The summed E-state index contributed by atoms with van der Waals surface area (Å²) in [5.74, 6) is 0. The third-order valence-corrected chi connectivity index (χ3v) is 7.76. The normalized spacial score (nSPS) is 25.9. The minimum atomic E-state index is -1.10. The Morgan fingerprint density at radius 3 is 1.26 bits per heavy atom. The highest BCUT2D eigenvalue weighted by atomic mass is 32.1. The van der Waals surface area contributed by atoms with E-state index in [-0.39, 0.29) is 0 Å². The molecule has 2 nitrogen and oxygen atoms in total. The lowest BCUT2D eigenvalue weighted by Gasteiger charge is -2.51. The van der Waals surface area contributed by atoms with E-state index < -0.39 is 10.8 Å². The molecule has 6 rings (SSSR count). The second-order valence-corrected chi connectivity index (χ2v) is 9.83. The molecule has 0 amide bonds. The Morgan fingerprint density at radius 2 is 0.912 bits per heavy atom. The Kier molecular flexibility index (Phi) is 4.55. The molecule has 4 aliphatic rings. The zero-order chi connectivity index (χ0) is 23.5. The van der Waals surface area contributed by atoms with Gasteiger partial charge in [0.25, 0.3) is 0 Å². The van der Waals surface area contributed by atoms with Crippen molar-refractivity contribution >= 4 is 36.4 Å². The molecule has 2 atom stereocenters. The Bertz CT molecular complexity index is 1440. The van der Waals surface area contributed by atoms with E-state index in [1.807, 2.05) is 97.1 Å². The zero-order valence-corrected chi connectivity index (χ0v) is 19.8. The molecule has 2 aromatic carbocycles. The van der Waals surface area contributed by atoms with Gasteiger partial charge in [-0.2, -0.15) is 10.5 Å². The number of hydrogen-bond acceptors (Lipinski definition) is 4. The Labute approximate surface area is 209 Å². The third-order valence-electron chi connectivity index (χ3n) is 7.16. The van der Waals surface area contributed by atoms with Crippen LogP contribution in [0.2, 0.25) is 0 Å². The Hall–Kier alpha value is -3.70. The molecule has 160 valence electrons. The van der Waals surface area contributed by atoms with E-state index >= 15 is 0 Å². The van der Waals surface area contributed by atoms with Crippen LogP contribution in [0.3, 0.4) is 0 Å². The van der Waals surface area contributed by atoms with Crippen molar-refractivity contribution in [2.45, 2.75) is 9.79 Å². The summed E-state index contributed by atoms with van der Waals surface area (Å²) in [6.45, 7) is 0. The maximum Gasteiger partial charge on any atom is 0.134 e. The van der Waals surface area contributed by atoms with Gasteiger partial charge in [0.1, 0.15) is 10.8 Å². The first-order valence-electron chi connectivity index (χ1n) is 10.9. The molecule has 0 bridgehead atoms. The summed E-state index contributed by atoms with van der Waals surface area (Å²) in [6, 6.07) is 21.1. The quantitative estimate of drug-likeness (QED) is 0.461. The van der Waals surface area contributed by atoms with Crippen LogP contribution in [0.15, 0.2) is 129 Å². The first-order chi connectivity index (χ1) is 16.5. The fourth-order valence-corrected chi connectivity index (χ4v) is 5.80. The van der Waals surface area contributed by atoms with Gasteiger partial charge in [-0.05, 0) is 93.1 Å². The summed E-state index contributed by atoms with van der Waals surface area (Å²) in [6.07, 6.45) is 16.2. The maximum absolute atomic E-state index is 10.7. The van der Waals surface area contributed by atoms with E-state index in [0.717, 1.165) is 54.4 Å². The van der Waals surface area contributed by atoms with Gasteiger partial charge in [-0.15, -0.1) is 25.3 Å². The van der Waals surface area contributed by atoms with E-state index in [0.29, 0.717) is 0 Å². The van der Waals surface area contributed by atoms with Crippen molar-refractivity contribution in [1.29, 1.82) is 10.5 Å². The molecule has 2 unspecified atom stereocenters. The third kappa shape index (κ3) is 2.64. The van der Waals surface area contributed by atoms with Crippen LogP contribution in [-0.2, 0) is 0 Å². The first kappa shape index (κ1) is 20.9. The molecular weight excluding hydrogens is 452 g/mol. The largest absolute Gasteiger partial charge is 0.197 e. The summed E-state index contributed by atoms with van der Waals surface area (Å²) in [4.78, 5) is 1.79. The van der Waals surface area contributed by atoms with Crippen LogP contribution < -0.4 is 0 Å². The van der Waals surface area contributed by atoms with Crippen molar-refractivity contribution in [2.75, 3.05) is 0 Å². The van der Waals surface area contributed by atoms with Crippen LogP contribution in [0, 0.1) is 33.5 Å². The molecule has 34 heavy (non-hydrogen) atoms. The second kappa shape index (κ2) is 7.40. The van der Waals surface area contributed by atoms with Crippen molar-refractivity contribution in [3.05, 3.63) is 131 Å². The van der Waals surface area contributed by atoms with Gasteiger partial charge in [0.2, 0.25) is 0 Å². The monoisotopic (exact) mass is 470 g/mol. The van der Waals surface area contributed by atoms with E-state index in [1.165, 1.54) is 0 Å². The molecular formula is C30H18N2S2. The van der Waals surface area contributed by atoms with E-state index in [4.69, 9.17) is 0 Å². The summed E-state index contributed by atoms with van der Waals surface area (Å²) >= 11 is 8.79. The van der Waals surface area contributed by atoms with Crippen LogP contribution in [0.5, 0.6) is 0 Å². The summed E-state index contributed by atoms with van der Waals surface area (Å²) < 4.78 is 0. The van der Waals surface area contributed by atoms with Crippen molar-refractivity contribution in [3.8, 4) is 12.1 Å². The number of allylic oxidation sites excluding steroid dienone is 14. The number of benzene rings is 2. The zero-order valence-electron chi connectivity index (χ0n) is 18.0. The molecule has 4 aliphatic carbocycles. The average molecular weight is 471 g/mol. The fourth-order valence-electron chi connectivity index (χ4n) is 5.50. The molecule has 2 aromatic rings. The fraction of sp³-hybridized carbons (Fsp3) is 0.0667. The maximum atomic E-state index is 10.7. The minimum Gasteiger partial charge on any atom is -0.197 e. The molecule has 0 fully saturated rings. The summed E-state index contributed by atoms with van der Waals surface area (Å²) in [7, 11) is 0. The highest BCUT2D eigenvalue weighted by Gasteiger charge is 2.63. The van der Waals surface area contributed by atoms with Crippen LogP contribution in [0.4, 0.5) is 0 Å². The van der Waals surface area contributed by atoms with Gasteiger partial charge in [0, 0.05) is 9.79 Å². The van der Waals surface area contributed by atoms with Gasteiger partial charge in [0.05, 0.1) is 12.1 Å². The average Bonchev–Trinajstić information content (AvgIpc) is 2.87. The standard InChI is InChI=1S/C30H18N2S2/c31-17-29-23-5-7-25-15-22(20-3-11-28(34)12-4-20)16-26(30(25,29)18-32)8-6-24(29)14-21(13-23)19-1-9-27(33)10-2-19/h1-16,33-34H. The lowest BCUT2D eigenvalue weighted by molar-refractivity contribution is 0.353. The number of rotatable bonds is 2. The minimum absolute atomic E-state index is 0.842. The van der Waals surface area contributed by atoms with Gasteiger partial charge in [0.15, 0.2) is 0 Å². The Balaban J connectivity index is 1.60. The first-order valence-corrected chi connectivity index (χ1v) is 11.8. The smallest absolute Gasteiger partial charge is 0.134 e. The van der Waals surface area contributed by atoms with Crippen LogP contribution >= 0.6 is 25.3 Å². The van der Waals surface area contributed by atoms with Crippen molar-refractivity contribution in [1.82, 2.24) is 0 Å². The van der Waals surface area contributed by atoms with E-state index in [9.17, 15) is 10.5 Å². The van der Waals surface area contributed by atoms with Crippen LogP contribution in [0.1, 0.15) is 11.1 Å². The lowest BCUT2D eigenvalue weighted by Crippen LogP contribution is -2.49. The molecule has 4 heteroatoms. The van der Waals surface area contributed by atoms with E-state index in [2.05, 4.69) is 37.4 Å². The number of hydrogen-bond donors (Lipinski definition) is 2. The molecule has 0 saturated carbocycles. The van der Waals surface area contributed by atoms with Crippen molar-refractivity contribution in [2.24, 2.45) is 10.8 Å². The molecule has 0 radical (unpaired) electrons.